The van der Waals surface area contributed by atoms with Crippen molar-refractivity contribution in [1.82, 2.24) is 9.78 Å². The van der Waals surface area contributed by atoms with Crippen molar-refractivity contribution in [3.8, 4) is 0 Å². The molecule has 0 aromatic carbocycles. The summed E-state index contributed by atoms with van der Waals surface area (Å²) in [6.45, 7) is 0. The lowest BCUT2D eigenvalue weighted by Gasteiger charge is -2.19. The van der Waals surface area contributed by atoms with E-state index in [0.717, 1.165) is 23.6 Å². The number of aliphatic hydroxyl groups is 1. The standard InChI is InChI=1S/C9H14N2OS/c1-11-4-2-8(10-11)6-9(12)3-5-13-7-9/h2,4,12H,3,5-7H2,1H3. The van der Waals surface area contributed by atoms with Crippen molar-refractivity contribution in [2.45, 2.75) is 18.4 Å². The molecule has 0 saturated carbocycles. The fourth-order valence-corrected chi connectivity index (χ4v) is 2.93. The molecule has 1 aromatic heterocycles. The highest BCUT2D eigenvalue weighted by molar-refractivity contribution is 7.99. The Hall–Kier alpha value is -0.480. The van der Waals surface area contributed by atoms with Gasteiger partial charge in [-0.05, 0) is 18.2 Å². The molecule has 1 aliphatic rings. The molecular formula is C9H14N2OS. The van der Waals surface area contributed by atoms with Gasteiger partial charge in [0.15, 0.2) is 0 Å². The molecule has 72 valence electrons. The molecular weight excluding hydrogens is 184 g/mol. The molecule has 4 heteroatoms. The highest BCUT2D eigenvalue weighted by atomic mass is 32.2. The average molecular weight is 198 g/mol. The Labute approximate surface area is 82.1 Å². The normalized spacial score (nSPS) is 28.2. The smallest absolute Gasteiger partial charge is 0.0801 e. The fraction of sp³-hybridized carbons (Fsp3) is 0.667. The van der Waals surface area contributed by atoms with Crippen LogP contribution in [0.5, 0.6) is 0 Å². The number of nitrogens with zero attached hydrogens (tertiary/aromatic N) is 2. The minimum Gasteiger partial charge on any atom is -0.389 e. The van der Waals surface area contributed by atoms with Crippen LogP contribution in [0.4, 0.5) is 0 Å². The number of thioether (sulfide) groups is 1. The van der Waals surface area contributed by atoms with Crippen molar-refractivity contribution in [2.24, 2.45) is 7.05 Å². The second kappa shape index (κ2) is 3.35. The molecule has 1 atom stereocenters. The predicted octanol–water partition coefficient (Wildman–Crippen LogP) is 0.831. The maximum Gasteiger partial charge on any atom is 0.0801 e. The van der Waals surface area contributed by atoms with E-state index in [0.29, 0.717) is 6.42 Å². The van der Waals surface area contributed by atoms with E-state index in [1.165, 1.54) is 0 Å². The van der Waals surface area contributed by atoms with Gasteiger partial charge in [-0.2, -0.15) is 16.9 Å². The number of hydrogen-bond acceptors (Lipinski definition) is 3. The van der Waals surface area contributed by atoms with Gasteiger partial charge in [0.2, 0.25) is 0 Å². The summed E-state index contributed by atoms with van der Waals surface area (Å²) in [5, 5.41) is 14.4. The number of rotatable bonds is 2. The van der Waals surface area contributed by atoms with Crippen molar-refractivity contribution in [3.05, 3.63) is 18.0 Å². The molecule has 13 heavy (non-hydrogen) atoms. The molecule has 1 N–H and O–H groups in total. The topological polar surface area (TPSA) is 38.0 Å². The summed E-state index contributed by atoms with van der Waals surface area (Å²) in [6.07, 6.45) is 3.51. The van der Waals surface area contributed by atoms with Crippen molar-refractivity contribution in [2.75, 3.05) is 11.5 Å². The van der Waals surface area contributed by atoms with Crippen LogP contribution in [0, 0.1) is 0 Å². The minimum atomic E-state index is -0.501. The number of aryl methyl sites for hydroxylation is 1. The molecule has 1 saturated heterocycles. The van der Waals surface area contributed by atoms with Crippen molar-refractivity contribution < 1.29 is 5.11 Å². The summed E-state index contributed by atoms with van der Waals surface area (Å²) in [7, 11) is 1.90. The third-order valence-electron chi connectivity index (χ3n) is 2.36. The van der Waals surface area contributed by atoms with E-state index >= 15 is 0 Å². The second-order valence-corrected chi connectivity index (χ2v) is 4.79. The van der Waals surface area contributed by atoms with Crippen LogP contribution in [-0.4, -0.2) is 32.0 Å². The zero-order valence-electron chi connectivity index (χ0n) is 7.73. The third-order valence-corrected chi connectivity index (χ3v) is 3.60. The van der Waals surface area contributed by atoms with Gasteiger partial charge in [0.25, 0.3) is 0 Å². The van der Waals surface area contributed by atoms with E-state index in [4.69, 9.17) is 0 Å². The first kappa shape index (κ1) is 9.09. The van der Waals surface area contributed by atoms with E-state index in [1.807, 2.05) is 31.1 Å². The predicted molar refractivity (Wildman–Crippen MR) is 53.8 cm³/mol. The van der Waals surface area contributed by atoms with E-state index in [2.05, 4.69) is 5.10 Å². The molecule has 2 heterocycles. The van der Waals surface area contributed by atoms with Crippen molar-refractivity contribution in [1.29, 1.82) is 0 Å². The number of aromatic nitrogens is 2. The van der Waals surface area contributed by atoms with Crippen LogP contribution in [0.1, 0.15) is 12.1 Å². The van der Waals surface area contributed by atoms with Gasteiger partial charge >= 0.3 is 0 Å². The summed E-state index contributed by atoms with van der Waals surface area (Å²) in [5.41, 5.74) is 0.492. The highest BCUT2D eigenvalue weighted by Crippen LogP contribution is 2.30. The lowest BCUT2D eigenvalue weighted by Crippen LogP contribution is -2.31. The van der Waals surface area contributed by atoms with Crippen LogP contribution in [0.3, 0.4) is 0 Å². The maximum absolute atomic E-state index is 10.1. The van der Waals surface area contributed by atoms with Crippen molar-refractivity contribution in [3.63, 3.8) is 0 Å². The van der Waals surface area contributed by atoms with Gasteiger partial charge in [-0.1, -0.05) is 0 Å². The summed E-state index contributed by atoms with van der Waals surface area (Å²) < 4.78 is 1.78. The zero-order valence-corrected chi connectivity index (χ0v) is 8.55. The SMILES string of the molecule is Cn1ccc(CC2(O)CCSC2)n1. The van der Waals surface area contributed by atoms with Crippen LogP contribution >= 0.6 is 11.8 Å². The van der Waals surface area contributed by atoms with Gasteiger partial charge in [0, 0.05) is 25.4 Å². The monoisotopic (exact) mass is 198 g/mol. The van der Waals surface area contributed by atoms with Gasteiger partial charge in [-0.3, -0.25) is 4.68 Å². The molecule has 1 aromatic rings. The summed E-state index contributed by atoms with van der Waals surface area (Å²) in [6, 6.07) is 1.97. The Morgan fingerprint density at radius 1 is 1.77 bits per heavy atom. The average Bonchev–Trinajstić information content (AvgIpc) is 2.62. The molecule has 0 bridgehead atoms. The van der Waals surface area contributed by atoms with Gasteiger partial charge in [-0.25, -0.2) is 0 Å². The van der Waals surface area contributed by atoms with Crippen LogP contribution in [0.15, 0.2) is 12.3 Å². The summed E-state index contributed by atoms with van der Waals surface area (Å²) >= 11 is 1.82. The van der Waals surface area contributed by atoms with Gasteiger partial charge in [-0.15, -0.1) is 0 Å². The third kappa shape index (κ3) is 2.06. The first-order valence-electron chi connectivity index (χ1n) is 4.47. The van der Waals surface area contributed by atoms with Crippen LogP contribution < -0.4 is 0 Å². The zero-order chi connectivity index (χ0) is 9.31. The van der Waals surface area contributed by atoms with Gasteiger partial charge in [0.1, 0.15) is 0 Å². The molecule has 0 aliphatic carbocycles. The Kier molecular flexibility index (Phi) is 2.34. The quantitative estimate of drug-likeness (QED) is 0.765. The Bertz CT molecular complexity index is 292. The molecule has 0 amide bonds. The largest absolute Gasteiger partial charge is 0.389 e. The van der Waals surface area contributed by atoms with Crippen LogP contribution in [0.2, 0.25) is 0 Å². The van der Waals surface area contributed by atoms with Gasteiger partial charge < -0.3 is 5.11 Å². The molecule has 1 unspecified atom stereocenters. The van der Waals surface area contributed by atoms with Gasteiger partial charge in [0.05, 0.1) is 11.3 Å². The molecule has 3 nitrogen and oxygen atoms in total. The number of hydrogen-bond donors (Lipinski definition) is 1. The van der Waals surface area contributed by atoms with Crippen LogP contribution in [0.25, 0.3) is 0 Å². The molecule has 0 radical (unpaired) electrons. The first-order valence-corrected chi connectivity index (χ1v) is 5.62. The van der Waals surface area contributed by atoms with E-state index in [-0.39, 0.29) is 0 Å². The van der Waals surface area contributed by atoms with E-state index in [1.54, 1.807) is 4.68 Å². The Morgan fingerprint density at radius 2 is 2.62 bits per heavy atom. The summed E-state index contributed by atoms with van der Waals surface area (Å²) in [4.78, 5) is 0. The van der Waals surface area contributed by atoms with Crippen molar-refractivity contribution >= 4 is 11.8 Å². The first-order chi connectivity index (χ1) is 6.18. The lowest BCUT2D eigenvalue weighted by molar-refractivity contribution is 0.0675. The molecule has 0 spiro atoms. The Balaban J connectivity index is 2.04. The second-order valence-electron chi connectivity index (χ2n) is 3.68. The summed E-state index contributed by atoms with van der Waals surface area (Å²) in [5.74, 6) is 1.92. The Morgan fingerprint density at radius 3 is 3.15 bits per heavy atom. The van der Waals surface area contributed by atoms with E-state index < -0.39 is 5.60 Å². The van der Waals surface area contributed by atoms with E-state index in [9.17, 15) is 5.11 Å². The van der Waals surface area contributed by atoms with Crippen LogP contribution in [-0.2, 0) is 13.5 Å². The molecule has 1 aliphatic heterocycles. The molecule has 2 rings (SSSR count). The lowest BCUT2D eigenvalue weighted by atomic mass is 9.97. The fourth-order valence-electron chi connectivity index (χ4n) is 1.63. The highest BCUT2D eigenvalue weighted by Gasteiger charge is 2.32. The minimum absolute atomic E-state index is 0.501. The molecule has 1 fully saturated rings. The maximum atomic E-state index is 10.1.